The molecule has 0 spiro atoms. The van der Waals surface area contributed by atoms with Crippen LogP contribution in [0.2, 0.25) is 0 Å². The average molecular weight is 421 g/mol. The summed E-state index contributed by atoms with van der Waals surface area (Å²) in [6.45, 7) is 0.758. The molecular formula is C19H23N3O6S. The summed E-state index contributed by atoms with van der Waals surface area (Å²) in [5.41, 5.74) is 0. The van der Waals surface area contributed by atoms with Crippen molar-refractivity contribution in [1.29, 1.82) is 0 Å². The Kier molecular flexibility index (Phi) is 7.02. The first-order chi connectivity index (χ1) is 14.0. The van der Waals surface area contributed by atoms with Crippen molar-refractivity contribution in [2.75, 3.05) is 26.2 Å². The highest BCUT2D eigenvalue weighted by Crippen LogP contribution is 2.21. The van der Waals surface area contributed by atoms with Gasteiger partial charge in [0, 0.05) is 19.5 Å². The van der Waals surface area contributed by atoms with Crippen molar-refractivity contribution in [2.45, 2.75) is 24.0 Å². The SMILES string of the molecule is O=C(NCCc1ccco1)C(=O)NC[C@@H]1OCCCN1S(=O)(=O)c1ccccc1. The predicted molar refractivity (Wildman–Crippen MR) is 103 cm³/mol. The molecule has 1 atom stereocenters. The predicted octanol–water partition coefficient (Wildman–Crippen LogP) is 0.492. The number of nitrogens with one attached hydrogen (secondary N) is 2. The van der Waals surface area contributed by atoms with Gasteiger partial charge in [-0.3, -0.25) is 9.59 Å². The Morgan fingerprint density at radius 1 is 1.07 bits per heavy atom. The van der Waals surface area contributed by atoms with Crippen LogP contribution in [0.1, 0.15) is 12.2 Å². The van der Waals surface area contributed by atoms with Gasteiger partial charge in [-0.1, -0.05) is 18.2 Å². The van der Waals surface area contributed by atoms with E-state index in [1.54, 1.807) is 30.3 Å². The van der Waals surface area contributed by atoms with Crippen molar-refractivity contribution in [3.8, 4) is 0 Å². The van der Waals surface area contributed by atoms with E-state index in [2.05, 4.69) is 10.6 Å². The van der Waals surface area contributed by atoms with Crippen molar-refractivity contribution in [1.82, 2.24) is 14.9 Å². The molecular weight excluding hydrogens is 398 g/mol. The Labute approximate surface area is 169 Å². The van der Waals surface area contributed by atoms with E-state index in [0.717, 1.165) is 0 Å². The fourth-order valence-electron chi connectivity index (χ4n) is 2.93. The van der Waals surface area contributed by atoms with E-state index in [1.807, 2.05) is 0 Å². The number of benzene rings is 1. The second-order valence-corrected chi connectivity index (χ2v) is 8.29. The summed E-state index contributed by atoms with van der Waals surface area (Å²) < 4.78 is 37.7. The molecule has 1 fully saturated rings. The van der Waals surface area contributed by atoms with Crippen LogP contribution in [0.5, 0.6) is 0 Å². The fourth-order valence-corrected chi connectivity index (χ4v) is 4.51. The lowest BCUT2D eigenvalue weighted by molar-refractivity contribution is -0.140. The second kappa shape index (κ2) is 9.68. The number of sulfonamides is 1. The molecule has 1 aliphatic heterocycles. The van der Waals surface area contributed by atoms with Crippen LogP contribution in [0, 0.1) is 0 Å². The highest BCUT2D eigenvalue weighted by molar-refractivity contribution is 7.89. The lowest BCUT2D eigenvalue weighted by Gasteiger charge is -2.34. The molecule has 2 heterocycles. The first kappa shape index (κ1) is 21.0. The lowest BCUT2D eigenvalue weighted by atomic mass is 10.3. The molecule has 1 saturated heterocycles. The molecule has 0 unspecified atom stereocenters. The molecule has 0 radical (unpaired) electrons. The minimum absolute atomic E-state index is 0.128. The molecule has 2 aromatic rings. The van der Waals surface area contributed by atoms with Crippen molar-refractivity contribution in [3.05, 3.63) is 54.5 Å². The normalized spacial score (nSPS) is 17.6. The summed E-state index contributed by atoms with van der Waals surface area (Å²) in [7, 11) is -3.77. The smallest absolute Gasteiger partial charge is 0.309 e. The van der Waals surface area contributed by atoms with Crippen LogP contribution in [-0.2, 0) is 30.8 Å². The van der Waals surface area contributed by atoms with Crippen molar-refractivity contribution >= 4 is 21.8 Å². The van der Waals surface area contributed by atoms with Crippen LogP contribution in [0.4, 0.5) is 0 Å². The molecule has 9 nitrogen and oxygen atoms in total. The molecule has 29 heavy (non-hydrogen) atoms. The number of nitrogens with zero attached hydrogens (tertiary/aromatic N) is 1. The maximum Gasteiger partial charge on any atom is 0.309 e. The molecule has 0 saturated carbocycles. The minimum atomic E-state index is -3.77. The van der Waals surface area contributed by atoms with Crippen molar-refractivity contribution in [2.24, 2.45) is 0 Å². The topological polar surface area (TPSA) is 118 Å². The zero-order valence-corrected chi connectivity index (χ0v) is 16.6. The fraction of sp³-hybridized carbons (Fsp3) is 0.368. The number of hydrogen-bond acceptors (Lipinski definition) is 6. The number of hydrogen-bond donors (Lipinski definition) is 2. The highest BCUT2D eigenvalue weighted by Gasteiger charge is 2.34. The van der Waals surface area contributed by atoms with Gasteiger partial charge in [0.25, 0.3) is 0 Å². The number of amides is 2. The van der Waals surface area contributed by atoms with Crippen LogP contribution in [-0.4, -0.2) is 57.0 Å². The first-order valence-corrected chi connectivity index (χ1v) is 10.7. The average Bonchev–Trinajstić information content (AvgIpc) is 3.26. The van der Waals surface area contributed by atoms with Gasteiger partial charge in [-0.2, -0.15) is 4.31 Å². The van der Waals surface area contributed by atoms with Gasteiger partial charge in [0.1, 0.15) is 12.0 Å². The van der Waals surface area contributed by atoms with Gasteiger partial charge in [-0.15, -0.1) is 0 Å². The summed E-state index contributed by atoms with van der Waals surface area (Å²) in [4.78, 5) is 24.1. The van der Waals surface area contributed by atoms with Crippen molar-refractivity contribution in [3.63, 3.8) is 0 Å². The zero-order valence-electron chi connectivity index (χ0n) is 15.7. The summed E-state index contributed by atoms with van der Waals surface area (Å²) in [6, 6.07) is 11.5. The van der Waals surface area contributed by atoms with Gasteiger partial charge in [0.15, 0.2) is 0 Å². The molecule has 0 aliphatic carbocycles. The van der Waals surface area contributed by atoms with Gasteiger partial charge < -0.3 is 19.8 Å². The summed E-state index contributed by atoms with van der Waals surface area (Å²) in [5, 5.41) is 4.94. The molecule has 0 bridgehead atoms. The maximum absolute atomic E-state index is 12.9. The van der Waals surface area contributed by atoms with E-state index in [4.69, 9.17) is 9.15 Å². The maximum atomic E-state index is 12.9. The third-order valence-electron chi connectivity index (χ3n) is 4.38. The van der Waals surface area contributed by atoms with Crippen LogP contribution < -0.4 is 10.6 Å². The largest absolute Gasteiger partial charge is 0.469 e. The summed E-state index contributed by atoms with van der Waals surface area (Å²) in [5.74, 6) is -0.955. The van der Waals surface area contributed by atoms with E-state index in [-0.39, 0.29) is 24.5 Å². The number of furan rings is 1. The van der Waals surface area contributed by atoms with Gasteiger partial charge in [0.2, 0.25) is 10.0 Å². The minimum Gasteiger partial charge on any atom is -0.469 e. The van der Waals surface area contributed by atoms with Crippen LogP contribution in [0.25, 0.3) is 0 Å². The van der Waals surface area contributed by atoms with E-state index in [1.165, 1.54) is 22.7 Å². The van der Waals surface area contributed by atoms with Gasteiger partial charge in [-0.05, 0) is 30.7 Å². The van der Waals surface area contributed by atoms with Crippen LogP contribution >= 0.6 is 0 Å². The zero-order chi connectivity index (χ0) is 20.7. The third-order valence-corrected chi connectivity index (χ3v) is 6.29. The molecule has 2 amide bonds. The Morgan fingerprint density at radius 3 is 2.55 bits per heavy atom. The van der Waals surface area contributed by atoms with E-state index in [0.29, 0.717) is 25.2 Å². The molecule has 1 aromatic carbocycles. The van der Waals surface area contributed by atoms with E-state index < -0.39 is 28.1 Å². The summed E-state index contributed by atoms with van der Waals surface area (Å²) >= 11 is 0. The second-order valence-electron chi connectivity index (χ2n) is 6.40. The first-order valence-electron chi connectivity index (χ1n) is 9.25. The number of carbonyl (C=O) groups excluding carboxylic acids is 2. The molecule has 2 N–H and O–H groups in total. The van der Waals surface area contributed by atoms with E-state index in [9.17, 15) is 18.0 Å². The molecule has 10 heteroatoms. The monoisotopic (exact) mass is 421 g/mol. The Balaban J connectivity index is 1.53. The summed E-state index contributed by atoms with van der Waals surface area (Å²) in [6.07, 6.45) is 1.65. The van der Waals surface area contributed by atoms with Gasteiger partial charge >= 0.3 is 11.8 Å². The number of carbonyl (C=O) groups is 2. The van der Waals surface area contributed by atoms with Crippen molar-refractivity contribution < 1.29 is 27.2 Å². The molecule has 156 valence electrons. The van der Waals surface area contributed by atoms with Crippen LogP contribution in [0.3, 0.4) is 0 Å². The Morgan fingerprint density at radius 2 is 1.83 bits per heavy atom. The number of ether oxygens (including phenoxy) is 1. The van der Waals surface area contributed by atoms with Crippen LogP contribution in [0.15, 0.2) is 58.0 Å². The standard InChI is InChI=1S/C19H23N3O6S/c23-18(20-10-9-15-6-4-12-27-15)19(24)21-14-17-22(11-5-13-28-17)29(25,26)16-7-2-1-3-8-16/h1-4,6-8,12,17H,5,9-11,13-14H2,(H,20,23)(H,21,24)/t17-/m0/s1. The Bertz CT molecular complexity index is 915. The molecule has 1 aromatic heterocycles. The van der Waals surface area contributed by atoms with E-state index >= 15 is 0 Å². The molecule has 3 rings (SSSR count). The Hall–Kier alpha value is -2.69. The third kappa shape index (κ3) is 5.43. The number of rotatable bonds is 7. The quantitative estimate of drug-likeness (QED) is 0.629. The lowest BCUT2D eigenvalue weighted by Crippen LogP contribution is -2.53. The molecule has 1 aliphatic rings. The van der Waals surface area contributed by atoms with Gasteiger partial charge in [0.05, 0.1) is 24.3 Å². The van der Waals surface area contributed by atoms with Gasteiger partial charge in [-0.25, -0.2) is 8.42 Å². The highest BCUT2D eigenvalue weighted by atomic mass is 32.2.